The number of carbonyl (C=O) groups is 2. The minimum Gasteiger partial charge on any atom is -0.493 e. The predicted molar refractivity (Wildman–Crippen MR) is 85.0 cm³/mol. The van der Waals surface area contributed by atoms with Crippen molar-refractivity contribution in [1.29, 1.82) is 0 Å². The number of ether oxygens (including phenoxy) is 3. The van der Waals surface area contributed by atoms with Gasteiger partial charge in [0.15, 0.2) is 11.5 Å². The van der Waals surface area contributed by atoms with E-state index in [4.69, 9.17) is 14.2 Å². The number of carbonyl (C=O) groups excluding carboxylic acids is 2. The highest BCUT2D eigenvalue weighted by molar-refractivity contribution is 6.16. The number of nitrogens with zero attached hydrogens (tertiary/aromatic N) is 1. The third-order valence-electron chi connectivity index (χ3n) is 3.79. The highest BCUT2D eigenvalue weighted by Crippen LogP contribution is 2.36. The maximum absolute atomic E-state index is 12.4. The molecule has 23 heavy (non-hydrogen) atoms. The molecule has 0 bridgehead atoms. The Kier molecular flexibility index (Phi) is 4.74. The normalized spacial score (nSPS) is 16.1. The van der Waals surface area contributed by atoms with Crippen LogP contribution >= 0.6 is 0 Å². The molecule has 2 rings (SSSR count). The van der Waals surface area contributed by atoms with Crippen LogP contribution in [0.1, 0.15) is 12.5 Å². The standard InChI is InChI=1S/C17H19NO5/c1-10-14(17(20)23-5)12(16(19)18(10)2)9-11-7-6-8-13(21-3)15(11)22-4/h6-9H,1-5H3/b12-9-. The second-order valence-electron chi connectivity index (χ2n) is 4.96. The van der Waals surface area contributed by atoms with Crippen molar-refractivity contribution in [2.24, 2.45) is 0 Å². The zero-order valence-corrected chi connectivity index (χ0v) is 13.8. The summed E-state index contributed by atoms with van der Waals surface area (Å²) in [6.45, 7) is 1.70. The van der Waals surface area contributed by atoms with E-state index in [1.165, 1.54) is 26.2 Å². The largest absolute Gasteiger partial charge is 0.493 e. The van der Waals surface area contributed by atoms with Gasteiger partial charge in [-0.2, -0.15) is 0 Å². The van der Waals surface area contributed by atoms with E-state index in [9.17, 15) is 9.59 Å². The highest BCUT2D eigenvalue weighted by Gasteiger charge is 2.35. The van der Waals surface area contributed by atoms with Crippen LogP contribution in [-0.4, -0.2) is 45.2 Å². The lowest BCUT2D eigenvalue weighted by Crippen LogP contribution is -2.19. The Morgan fingerprint density at radius 3 is 2.43 bits per heavy atom. The maximum atomic E-state index is 12.4. The summed E-state index contributed by atoms with van der Waals surface area (Å²) in [5.74, 6) is 0.216. The second-order valence-corrected chi connectivity index (χ2v) is 4.96. The number of amides is 1. The van der Waals surface area contributed by atoms with E-state index in [-0.39, 0.29) is 17.1 Å². The van der Waals surface area contributed by atoms with E-state index in [2.05, 4.69) is 0 Å². The number of allylic oxidation sites excluding steroid dienone is 1. The van der Waals surface area contributed by atoms with E-state index in [0.29, 0.717) is 22.8 Å². The van der Waals surface area contributed by atoms with Crippen molar-refractivity contribution in [3.63, 3.8) is 0 Å². The summed E-state index contributed by atoms with van der Waals surface area (Å²) in [4.78, 5) is 25.9. The van der Waals surface area contributed by atoms with Gasteiger partial charge in [0.25, 0.3) is 5.91 Å². The number of esters is 1. The van der Waals surface area contributed by atoms with Crippen LogP contribution in [0.3, 0.4) is 0 Å². The molecule has 1 aliphatic rings. The summed E-state index contributed by atoms with van der Waals surface area (Å²) in [5, 5.41) is 0. The van der Waals surface area contributed by atoms with Crippen LogP contribution in [-0.2, 0) is 14.3 Å². The first-order chi connectivity index (χ1) is 11.0. The molecular weight excluding hydrogens is 298 g/mol. The summed E-state index contributed by atoms with van der Waals surface area (Å²) in [7, 11) is 5.96. The predicted octanol–water partition coefficient (Wildman–Crippen LogP) is 2.01. The zero-order valence-electron chi connectivity index (χ0n) is 13.8. The van der Waals surface area contributed by atoms with Gasteiger partial charge in [-0.1, -0.05) is 12.1 Å². The summed E-state index contributed by atoms with van der Waals surface area (Å²) in [6, 6.07) is 5.32. The molecule has 0 fully saturated rings. The molecule has 0 saturated heterocycles. The van der Waals surface area contributed by atoms with Gasteiger partial charge in [0, 0.05) is 18.3 Å². The molecule has 0 unspecified atom stereocenters. The molecule has 1 aromatic rings. The number of likely N-dealkylation sites (N-methyl/N-ethyl adjacent to an activating group) is 1. The number of rotatable bonds is 4. The number of methoxy groups -OCH3 is 3. The second kappa shape index (κ2) is 6.56. The van der Waals surface area contributed by atoms with Gasteiger partial charge in [-0.15, -0.1) is 0 Å². The molecule has 122 valence electrons. The fourth-order valence-electron chi connectivity index (χ4n) is 2.48. The Labute approximate surface area is 134 Å². The summed E-state index contributed by atoms with van der Waals surface area (Å²) in [6.07, 6.45) is 1.61. The fraction of sp³-hybridized carbons (Fsp3) is 0.294. The van der Waals surface area contributed by atoms with Gasteiger partial charge in [-0.25, -0.2) is 4.79 Å². The van der Waals surface area contributed by atoms with E-state index in [1.807, 2.05) is 0 Å². The number of hydrogen-bond acceptors (Lipinski definition) is 5. The van der Waals surface area contributed by atoms with Crippen LogP contribution in [0.15, 0.2) is 35.0 Å². The molecule has 0 saturated carbocycles. The first-order valence-corrected chi connectivity index (χ1v) is 6.96. The van der Waals surface area contributed by atoms with Crippen LogP contribution < -0.4 is 9.47 Å². The first kappa shape index (κ1) is 16.6. The number of para-hydroxylation sites is 1. The van der Waals surface area contributed by atoms with Crippen molar-refractivity contribution >= 4 is 18.0 Å². The molecule has 0 spiro atoms. The van der Waals surface area contributed by atoms with Gasteiger partial charge >= 0.3 is 5.97 Å². The zero-order chi connectivity index (χ0) is 17.1. The Hall–Kier alpha value is -2.76. The molecule has 0 N–H and O–H groups in total. The van der Waals surface area contributed by atoms with Gasteiger partial charge in [-0.3, -0.25) is 4.79 Å². The SMILES string of the molecule is COC(=O)C1=C(C)N(C)C(=O)/C1=C\c1cccc(OC)c1OC. The Morgan fingerprint density at radius 2 is 1.87 bits per heavy atom. The van der Waals surface area contributed by atoms with Crippen LogP contribution in [0.2, 0.25) is 0 Å². The Bertz CT molecular complexity index is 718. The minimum absolute atomic E-state index is 0.255. The van der Waals surface area contributed by atoms with Crippen LogP contribution in [0, 0.1) is 0 Å². The van der Waals surface area contributed by atoms with Crippen LogP contribution in [0.5, 0.6) is 11.5 Å². The van der Waals surface area contributed by atoms with E-state index >= 15 is 0 Å². The lowest BCUT2D eigenvalue weighted by molar-refractivity contribution is -0.136. The van der Waals surface area contributed by atoms with Crippen molar-refractivity contribution in [3.8, 4) is 11.5 Å². The molecule has 6 nitrogen and oxygen atoms in total. The van der Waals surface area contributed by atoms with Gasteiger partial charge < -0.3 is 19.1 Å². The molecular formula is C17H19NO5. The number of benzene rings is 1. The molecule has 0 aliphatic carbocycles. The molecule has 0 radical (unpaired) electrons. The van der Waals surface area contributed by atoms with Crippen molar-refractivity contribution in [1.82, 2.24) is 4.90 Å². The van der Waals surface area contributed by atoms with Crippen molar-refractivity contribution in [2.45, 2.75) is 6.92 Å². The molecule has 1 aliphatic heterocycles. The Balaban J connectivity index is 2.62. The minimum atomic E-state index is -0.548. The van der Waals surface area contributed by atoms with Crippen LogP contribution in [0.25, 0.3) is 6.08 Å². The molecule has 1 aromatic carbocycles. The van der Waals surface area contributed by atoms with Gasteiger partial charge in [0.1, 0.15) is 0 Å². The van der Waals surface area contributed by atoms with E-state index < -0.39 is 5.97 Å². The Morgan fingerprint density at radius 1 is 1.17 bits per heavy atom. The molecule has 1 amide bonds. The third-order valence-corrected chi connectivity index (χ3v) is 3.79. The van der Waals surface area contributed by atoms with Crippen LogP contribution in [0.4, 0.5) is 0 Å². The third kappa shape index (κ3) is 2.79. The van der Waals surface area contributed by atoms with Gasteiger partial charge in [0.2, 0.25) is 0 Å². The smallest absolute Gasteiger partial charge is 0.340 e. The fourth-order valence-corrected chi connectivity index (χ4v) is 2.48. The summed E-state index contributed by atoms with van der Waals surface area (Å²) >= 11 is 0. The lowest BCUT2D eigenvalue weighted by Gasteiger charge is -2.11. The topological polar surface area (TPSA) is 65.1 Å². The number of hydrogen-bond donors (Lipinski definition) is 0. The average Bonchev–Trinajstić information content (AvgIpc) is 2.78. The molecule has 1 heterocycles. The highest BCUT2D eigenvalue weighted by atomic mass is 16.5. The lowest BCUT2D eigenvalue weighted by atomic mass is 10.0. The molecule has 6 heteroatoms. The maximum Gasteiger partial charge on any atom is 0.340 e. The first-order valence-electron chi connectivity index (χ1n) is 6.96. The molecule has 0 atom stereocenters. The van der Waals surface area contributed by atoms with Crippen molar-refractivity contribution < 1.29 is 23.8 Å². The van der Waals surface area contributed by atoms with Gasteiger partial charge in [0.05, 0.1) is 32.5 Å². The van der Waals surface area contributed by atoms with Crippen molar-refractivity contribution in [2.75, 3.05) is 28.4 Å². The van der Waals surface area contributed by atoms with E-state index in [1.54, 1.807) is 38.2 Å². The average molecular weight is 317 g/mol. The summed E-state index contributed by atoms with van der Waals surface area (Å²) < 4.78 is 15.4. The van der Waals surface area contributed by atoms with Crippen molar-refractivity contribution in [3.05, 3.63) is 40.6 Å². The quantitative estimate of drug-likeness (QED) is 0.628. The monoisotopic (exact) mass is 317 g/mol. The summed E-state index contributed by atoms with van der Waals surface area (Å²) in [5.41, 5.74) is 1.71. The van der Waals surface area contributed by atoms with E-state index in [0.717, 1.165) is 0 Å². The molecule has 0 aromatic heterocycles. The van der Waals surface area contributed by atoms with Gasteiger partial charge in [-0.05, 0) is 19.1 Å².